The molecule has 21 aromatic rings. The third-order valence-corrected chi connectivity index (χ3v) is 33.3. The lowest BCUT2D eigenvalue weighted by Crippen LogP contribution is -2.36. The lowest BCUT2D eigenvalue weighted by Gasteiger charge is -2.37. The number of H-pyrrole nitrogens is 2. The van der Waals surface area contributed by atoms with E-state index in [-0.39, 0.29) is 71.8 Å². The van der Waals surface area contributed by atoms with Crippen LogP contribution >= 0.6 is 0 Å². The summed E-state index contributed by atoms with van der Waals surface area (Å²) in [5.41, 5.74) is 4.62. The quantitative estimate of drug-likeness (QED) is 0.0701. The summed E-state index contributed by atoms with van der Waals surface area (Å²) in [6.45, 7) is 27.1. The molecule has 25 rings (SSSR count). The molecular weight excluding hydrogens is 1650 g/mol. The van der Waals surface area contributed by atoms with Gasteiger partial charge in [-0.2, -0.15) is 0 Å². The highest BCUT2D eigenvalue weighted by molar-refractivity contribution is 6.53. The summed E-state index contributed by atoms with van der Waals surface area (Å²) in [6.07, 6.45) is 9.75. The largest absolute Gasteiger partial charge is 0.458 e. The molecule has 3 aromatic heterocycles. The molecule has 4 aliphatic rings. The zero-order chi connectivity index (χ0) is 91.1. The minimum Gasteiger partial charge on any atom is -0.458 e. The van der Waals surface area contributed by atoms with Crippen LogP contribution in [0.4, 0.5) is 0 Å². The second-order valence-corrected chi connectivity index (χ2v) is 42.5. The number of nitrogens with one attached hydrogen (secondary N) is 2. The summed E-state index contributed by atoms with van der Waals surface area (Å²) in [7, 11) is 0. The number of esters is 4. The molecule has 660 valence electrons. The predicted molar refractivity (Wildman–Crippen MR) is 549 cm³/mol. The van der Waals surface area contributed by atoms with Crippen molar-refractivity contribution in [3.8, 4) is 0 Å². The first kappa shape index (κ1) is 82.3. The highest BCUT2D eigenvalue weighted by Crippen LogP contribution is 2.58. The zero-order valence-corrected chi connectivity index (χ0v) is 78.2. The summed E-state index contributed by atoms with van der Waals surface area (Å²) in [5, 5.41) is 31.0. The van der Waals surface area contributed by atoms with E-state index in [0.29, 0.717) is 89.0 Å². The average Bonchev–Trinajstić information content (AvgIpc) is 1.42. The van der Waals surface area contributed by atoms with Gasteiger partial charge in [-0.25, -0.2) is 19.2 Å². The average molecular weight is 1750 g/mol. The van der Waals surface area contributed by atoms with Crippen LogP contribution < -0.4 is 0 Å². The number of aromatic nitrogens is 2. The standard InChI is InChI=1S/C124H106N2O8/c1-61(2)73-41-37-65(9)53-97(73)131-121(127)89-49-45-85-77-29-17-21-33-81(77)93-57-69-25-13-14-27-71-59-95-83-35-23-19-31-79(83)87-47-51-91(123(129)133-99-55-67(11)39-43-75(99)63(5)6)107-103(87)111(95)115-116-112-96(84-36-24-20-32-80(84)88-48-52-92(108(107)104(88)112)124(130)134-100-56-68(12)40-44-76(100)64(7)8)60-72(120(116)126-119(71)115)28-16-15-26-70-58-94-82-34-22-18-30-78(82)86-46-50-90(122(128)132-98-54-66(10)38-42-74(98)62(3)4)106-102(86)110(94)114-113(117(69)125-118(70)114)109(93)101(85)105(89)106/h17-24,29-36,45-52,57-68,73-76,97-100,125-126H,37-44,53-56H2,1-12H3/t65-,66-,67-,68-,73+,74+,75+,76+,97-,98-,99-,100-/m1/s1. The minimum absolute atomic E-state index is 0.155. The fourth-order valence-electron chi connectivity index (χ4n) is 26.9. The van der Waals surface area contributed by atoms with E-state index >= 15 is 19.2 Å². The summed E-state index contributed by atoms with van der Waals surface area (Å²) in [4.78, 5) is 74.7. The summed E-state index contributed by atoms with van der Waals surface area (Å²) >= 11 is 0. The Balaban J connectivity index is 0.838. The Morgan fingerprint density at radius 2 is 0.440 bits per heavy atom. The molecule has 0 radical (unpaired) electrons. The summed E-state index contributed by atoms with van der Waals surface area (Å²) in [5.74, 6) is 1.46. The molecule has 134 heavy (non-hydrogen) atoms. The second kappa shape index (κ2) is 31.0. The van der Waals surface area contributed by atoms with Crippen molar-refractivity contribution < 1.29 is 38.1 Å². The molecule has 0 saturated heterocycles. The van der Waals surface area contributed by atoms with Crippen LogP contribution in [-0.4, -0.2) is 58.3 Å². The summed E-state index contributed by atoms with van der Waals surface area (Å²) in [6, 6.07) is 89.0. The number of hydrogen-bond donors (Lipinski definition) is 2. The maximum absolute atomic E-state index is 16.6. The van der Waals surface area contributed by atoms with Gasteiger partial charge in [-0.05, 0) is 303 Å². The fourth-order valence-corrected chi connectivity index (χ4v) is 26.9. The van der Waals surface area contributed by atoms with Crippen molar-refractivity contribution >= 4 is 240 Å². The van der Waals surface area contributed by atoms with E-state index in [1.807, 2.05) is 24.3 Å². The second-order valence-electron chi connectivity index (χ2n) is 42.5. The Kier molecular flexibility index (Phi) is 19.0. The van der Waals surface area contributed by atoms with E-state index in [1.54, 1.807) is 0 Å². The molecule has 3 heterocycles. The van der Waals surface area contributed by atoms with Gasteiger partial charge < -0.3 is 28.9 Å². The molecule has 0 aliphatic heterocycles. The maximum Gasteiger partial charge on any atom is 0.339 e. The Hall–Kier alpha value is -13.6. The first-order valence-corrected chi connectivity index (χ1v) is 49.5. The molecule has 4 aliphatic carbocycles. The third-order valence-electron chi connectivity index (χ3n) is 33.3. The van der Waals surface area contributed by atoms with Gasteiger partial charge in [-0.15, -0.1) is 0 Å². The first-order chi connectivity index (χ1) is 65.1. The van der Waals surface area contributed by atoms with Crippen molar-refractivity contribution in [2.75, 3.05) is 0 Å². The van der Waals surface area contributed by atoms with Gasteiger partial charge in [0, 0.05) is 64.6 Å². The van der Waals surface area contributed by atoms with Gasteiger partial charge in [0.1, 0.15) is 24.4 Å². The van der Waals surface area contributed by atoms with Gasteiger partial charge in [0.25, 0.3) is 0 Å². The maximum atomic E-state index is 16.6. The van der Waals surface area contributed by atoms with E-state index in [1.165, 1.54) is 0 Å². The van der Waals surface area contributed by atoms with Crippen LogP contribution in [0, 0.1) is 120 Å². The molecular formula is C124H106N2O8. The van der Waals surface area contributed by atoms with Gasteiger partial charge in [0.05, 0.1) is 65.9 Å². The van der Waals surface area contributed by atoms with Crippen LogP contribution in [0.2, 0.25) is 0 Å². The molecule has 4 fully saturated rings. The molecule has 0 spiro atoms. The monoisotopic (exact) mass is 1750 g/mol. The lowest BCUT2D eigenvalue weighted by molar-refractivity contribution is -0.0181. The lowest BCUT2D eigenvalue weighted by atomic mass is 9.75. The molecule has 2 N–H and O–H groups in total. The number of carbonyl (C=O) groups excluding carboxylic acids is 4. The number of carbonyl (C=O) groups is 4. The van der Waals surface area contributed by atoms with Gasteiger partial charge in [0.15, 0.2) is 0 Å². The van der Waals surface area contributed by atoms with E-state index in [0.717, 1.165) is 250 Å². The molecule has 18 aromatic carbocycles. The first-order valence-electron chi connectivity index (χ1n) is 49.5. The Morgan fingerprint density at radius 3 is 0.642 bits per heavy atom. The van der Waals surface area contributed by atoms with Crippen LogP contribution in [0.3, 0.4) is 0 Å². The SMILES string of the molecule is CC(C)[C@@H]1CC[C@@H](C)C[C@H]1OC(=O)c1ccc2c3ccccc3c3cc4c#cc#cc5cc6c7ccccc7c7ccc(C(=O)O[C@@H]8C[C@H](C)CC[C@H]8C(C)C)c8c9c(C(=O)O[C@@H]%10C[C@H](C)CC[C@H]%10C(C)C)ccc%10c%11ccccc%11c%11cc(c#cc#cc%12cc%13c%14ccccc%14c%14ccc(C(=O)O[C@@H]%15C[C@H](C)CC[C@H]%15C(C)C)c%15c1c2c3c1c4[nH]c%12c1c%13c%14%15)c1[nH]c5c(c6c78)c1c%11c%109. The van der Waals surface area contributed by atoms with Gasteiger partial charge in [0.2, 0.25) is 0 Å². The smallest absolute Gasteiger partial charge is 0.339 e. The number of fused-ring (bicyclic) bond motifs is 14. The Bertz CT molecular complexity index is 7680. The molecule has 10 nitrogen and oxygen atoms in total. The van der Waals surface area contributed by atoms with Gasteiger partial charge in [-0.3, -0.25) is 0 Å². The van der Waals surface area contributed by atoms with Gasteiger partial charge in [-0.1, -0.05) is 254 Å². The molecule has 4 bridgehead atoms. The van der Waals surface area contributed by atoms with Crippen LogP contribution in [0.1, 0.15) is 202 Å². The topological polar surface area (TPSA) is 137 Å². The minimum atomic E-state index is -0.420. The normalized spacial score (nSPS) is 21.7. The van der Waals surface area contributed by atoms with Crippen LogP contribution in [0.5, 0.6) is 0 Å². The summed E-state index contributed by atoms with van der Waals surface area (Å²) < 4.78 is 28.7. The zero-order valence-electron chi connectivity index (χ0n) is 78.2. The number of hydrogen-bond acceptors (Lipinski definition) is 8. The van der Waals surface area contributed by atoms with Crippen LogP contribution in [0.25, 0.3) is 216 Å². The third kappa shape index (κ3) is 12.3. The molecule has 4 saturated carbocycles. The van der Waals surface area contributed by atoms with Crippen molar-refractivity contribution in [3.63, 3.8) is 0 Å². The van der Waals surface area contributed by atoms with E-state index < -0.39 is 23.9 Å². The van der Waals surface area contributed by atoms with Crippen LogP contribution in [-0.2, 0) is 18.9 Å². The number of aromatic amines is 2. The predicted octanol–water partition coefficient (Wildman–Crippen LogP) is 31.7. The van der Waals surface area contributed by atoms with Crippen molar-refractivity contribution in [2.24, 2.45) is 71.0 Å². The molecule has 0 amide bonds. The van der Waals surface area contributed by atoms with Crippen LogP contribution in [0.15, 0.2) is 170 Å². The Labute approximate surface area is 779 Å². The van der Waals surface area contributed by atoms with Crippen molar-refractivity contribution in [3.05, 3.63) is 241 Å². The van der Waals surface area contributed by atoms with E-state index in [9.17, 15) is 0 Å². The number of ether oxygens (including phenoxy) is 4. The van der Waals surface area contributed by atoms with Crippen molar-refractivity contribution in [1.82, 2.24) is 9.97 Å². The molecule has 0 unspecified atom stereocenters. The van der Waals surface area contributed by atoms with Crippen molar-refractivity contribution in [2.45, 2.75) is 185 Å². The molecule has 12 atom stereocenters. The Morgan fingerprint density at radius 1 is 0.246 bits per heavy atom. The van der Waals surface area contributed by atoms with Gasteiger partial charge >= 0.3 is 23.9 Å². The number of benzene rings is 16. The van der Waals surface area contributed by atoms with Crippen molar-refractivity contribution in [1.29, 1.82) is 0 Å². The van der Waals surface area contributed by atoms with E-state index in [2.05, 4.69) is 287 Å². The fraction of sp³-hybridized carbons (Fsp3) is 0.323. The number of rotatable bonds is 12. The highest BCUT2D eigenvalue weighted by atomic mass is 16.6. The van der Waals surface area contributed by atoms with E-state index in [4.69, 9.17) is 18.9 Å². The molecule has 10 heteroatoms. The highest BCUT2D eigenvalue weighted by Gasteiger charge is 2.42.